The molecule has 2 heterocycles. The highest BCUT2D eigenvalue weighted by atomic mass is 15.2. The van der Waals surface area contributed by atoms with Gasteiger partial charge in [0.05, 0.1) is 0 Å². The number of hydrogen-bond donors (Lipinski definition) is 1. The largest absolute Gasteiger partial charge is 0.366 e. The molecule has 0 saturated heterocycles. The Hall–Kier alpha value is -2.88. The van der Waals surface area contributed by atoms with Gasteiger partial charge in [-0.3, -0.25) is 0 Å². The van der Waals surface area contributed by atoms with E-state index in [2.05, 4.69) is 56.6 Å². The molecule has 1 N–H and O–H groups in total. The Labute approximate surface area is 142 Å². The Balaban J connectivity index is 1.55. The maximum atomic E-state index is 4.49. The molecule has 0 aliphatic carbocycles. The first-order valence-electron chi connectivity index (χ1n) is 8.35. The average molecular weight is 316 g/mol. The van der Waals surface area contributed by atoms with Crippen LogP contribution in [0.15, 0.2) is 67.0 Å². The highest BCUT2D eigenvalue weighted by Crippen LogP contribution is 2.32. The molecule has 0 radical (unpaired) electrons. The second kappa shape index (κ2) is 6.71. The summed E-state index contributed by atoms with van der Waals surface area (Å²) < 4.78 is 0. The molecule has 3 aromatic rings. The van der Waals surface area contributed by atoms with Gasteiger partial charge in [0.1, 0.15) is 18.0 Å². The van der Waals surface area contributed by atoms with E-state index in [0.717, 1.165) is 37.6 Å². The number of aromatic nitrogens is 2. The van der Waals surface area contributed by atoms with Crippen molar-refractivity contribution in [2.45, 2.75) is 19.4 Å². The van der Waals surface area contributed by atoms with Gasteiger partial charge in [-0.2, -0.15) is 0 Å². The first-order valence-corrected chi connectivity index (χ1v) is 8.35. The van der Waals surface area contributed by atoms with Crippen molar-refractivity contribution in [3.8, 4) is 0 Å². The van der Waals surface area contributed by atoms with Gasteiger partial charge in [-0.05, 0) is 30.0 Å². The van der Waals surface area contributed by atoms with Crippen LogP contribution in [-0.2, 0) is 13.0 Å². The Kier molecular flexibility index (Phi) is 4.11. The minimum Gasteiger partial charge on any atom is -0.366 e. The summed E-state index contributed by atoms with van der Waals surface area (Å²) in [7, 11) is 0. The summed E-state index contributed by atoms with van der Waals surface area (Å²) in [4.78, 5) is 11.1. The number of anilines is 3. The van der Waals surface area contributed by atoms with Gasteiger partial charge >= 0.3 is 0 Å². The molecule has 2 aromatic carbocycles. The summed E-state index contributed by atoms with van der Waals surface area (Å²) in [6.07, 6.45) is 3.92. The predicted octanol–water partition coefficient (Wildman–Crippen LogP) is 4.17. The molecule has 0 spiro atoms. The number of fused-ring (bicyclic) bond motifs is 1. The van der Waals surface area contributed by atoms with Crippen LogP contribution in [0.4, 0.5) is 17.3 Å². The highest BCUT2D eigenvalue weighted by Gasteiger charge is 2.18. The summed E-state index contributed by atoms with van der Waals surface area (Å²) in [6, 6.07) is 20.9. The van der Waals surface area contributed by atoms with E-state index in [1.54, 1.807) is 6.33 Å². The summed E-state index contributed by atoms with van der Waals surface area (Å²) in [5.41, 5.74) is 3.89. The van der Waals surface area contributed by atoms with Crippen LogP contribution >= 0.6 is 0 Å². The molecule has 0 unspecified atom stereocenters. The minimum atomic E-state index is 0.758. The molecule has 0 bridgehead atoms. The zero-order chi connectivity index (χ0) is 16.2. The monoisotopic (exact) mass is 316 g/mol. The summed E-state index contributed by atoms with van der Waals surface area (Å²) in [6.45, 7) is 1.75. The zero-order valence-corrected chi connectivity index (χ0v) is 13.5. The number of aryl methyl sites for hydroxylation is 1. The lowest BCUT2D eigenvalue weighted by Crippen LogP contribution is -2.25. The third-order valence-corrected chi connectivity index (χ3v) is 4.36. The third-order valence-electron chi connectivity index (χ3n) is 4.36. The second-order valence-electron chi connectivity index (χ2n) is 5.98. The standard InChI is InChI=1S/C20H20N4/c1-2-7-16(8-3-1)14-21-19-13-20(23-15-22-19)24-12-6-10-17-9-4-5-11-18(17)24/h1-5,7-9,11,13,15H,6,10,12,14H2,(H,21,22,23). The van der Waals surface area contributed by atoms with Crippen molar-refractivity contribution in [2.75, 3.05) is 16.8 Å². The van der Waals surface area contributed by atoms with E-state index in [1.807, 2.05) is 24.3 Å². The van der Waals surface area contributed by atoms with Crippen LogP contribution in [0, 0.1) is 0 Å². The van der Waals surface area contributed by atoms with Crippen LogP contribution in [-0.4, -0.2) is 16.5 Å². The van der Waals surface area contributed by atoms with Gasteiger partial charge < -0.3 is 10.2 Å². The van der Waals surface area contributed by atoms with E-state index in [0.29, 0.717) is 0 Å². The molecule has 1 aromatic heterocycles. The first kappa shape index (κ1) is 14.7. The summed E-state index contributed by atoms with van der Waals surface area (Å²) in [5.74, 6) is 1.81. The molecule has 1 aliphatic heterocycles. The maximum Gasteiger partial charge on any atom is 0.138 e. The first-order chi connectivity index (χ1) is 11.9. The van der Waals surface area contributed by atoms with Gasteiger partial charge in [0.15, 0.2) is 0 Å². The van der Waals surface area contributed by atoms with Crippen LogP contribution < -0.4 is 10.2 Å². The number of nitrogens with one attached hydrogen (secondary N) is 1. The van der Waals surface area contributed by atoms with Crippen LogP contribution in [0.3, 0.4) is 0 Å². The van der Waals surface area contributed by atoms with Crippen molar-refractivity contribution in [3.63, 3.8) is 0 Å². The Morgan fingerprint density at radius 1 is 0.958 bits per heavy atom. The molecule has 0 amide bonds. The van der Waals surface area contributed by atoms with Gasteiger partial charge in [-0.1, -0.05) is 48.5 Å². The summed E-state index contributed by atoms with van der Waals surface area (Å²) in [5, 5.41) is 3.39. The smallest absolute Gasteiger partial charge is 0.138 e. The van der Waals surface area contributed by atoms with Crippen LogP contribution in [0.2, 0.25) is 0 Å². The topological polar surface area (TPSA) is 41.0 Å². The Bertz CT molecular complexity index is 817. The molecule has 4 rings (SSSR count). The van der Waals surface area contributed by atoms with Crippen molar-refractivity contribution >= 4 is 17.3 Å². The normalized spacial score (nSPS) is 13.4. The molecular weight excluding hydrogens is 296 g/mol. The zero-order valence-electron chi connectivity index (χ0n) is 13.5. The molecule has 0 fully saturated rings. The lowest BCUT2D eigenvalue weighted by atomic mass is 10.0. The molecule has 0 atom stereocenters. The van der Waals surface area contributed by atoms with Gasteiger partial charge in [-0.15, -0.1) is 0 Å². The number of nitrogens with zero attached hydrogens (tertiary/aromatic N) is 3. The Morgan fingerprint density at radius 2 is 1.79 bits per heavy atom. The molecule has 4 nitrogen and oxygen atoms in total. The molecule has 24 heavy (non-hydrogen) atoms. The number of hydrogen-bond acceptors (Lipinski definition) is 4. The third kappa shape index (κ3) is 3.08. The minimum absolute atomic E-state index is 0.758. The fourth-order valence-corrected chi connectivity index (χ4v) is 3.15. The van der Waals surface area contributed by atoms with Gasteiger partial charge in [0.25, 0.3) is 0 Å². The van der Waals surface area contributed by atoms with Crippen molar-refractivity contribution in [2.24, 2.45) is 0 Å². The van der Waals surface area contributed by atoms with Crippen molar-refractivity contribution < 1.29 is 0 Å². The molecular formula is C20H20N4. The fourth-order valence-electron chi connectivity index (χ4n) is 3.15. The SMILES string of the molecule is c1ccc(CNc2cc(N3CCCc4ccccc43)ncn2)cc1. The highest BCUT2D eigenvalue weighted by molar-refractivity contribution is 5.66. The van der Waals surface area contributed by atoms with E-state index >= 15 is 0 Å². The van der Waals surface area contributed by atoms with E-state index in [1.165, 1.54) is 16.8 Å². The number of para-hydroxylation sites is 1. The van der Waals surface area contributed by atoms with Crippen molar-refractivity contribution in [1.29, 1.82) is 0 Å². The van der Waals surface area contributed by atoms with Crippen LogP contribution in [0.1, 0.15) is 17.5 Å². The second-order valence-corrected chi connectivity index (χ2v) is 5.98. The fraction of sp³-hybridized carbons (Fsp3) is 0.200. The van der Waals surface area contributed by atoms with Crippen LogP contribution in [0.25, 0.3) is 0 Å². The van der Waals surface area contributed by atoms with E-state index < -0.39 is 0 Å². The average Bonchev–Trinajstić information content (AvgIpc) is 2.67. The number of benzene rings is 2. The van der Waals surface area contributed by atoms with Gasteiger partial charge in [0, 0.05) is 24.8 Å². The molecule has 4 heteroatoms. The molecule has 0 saturated carbocycles. The summed E-state index contributed by atoms with van der Waals surface area (Å²) >= 11 is 0. The number of rotatable bonds is 4. The van der Waals surface area contributed by atoms with Gasteiger partial charge in [-0.25, -0.2) is 9.97 Å². The predicted molar refractivity (Wildman–Crippen MR) is 97.6 cm³/mol. The van der Waals surface area contributed by atoms with E-state index in [-0.39, 0.29) is 0 Å². The lowest BCUT2D eigenvalue weighted by Gasteiger charge is -2.30. The lowest BCUT2D eigenvalue weighted by molar-refractivity contribution is 0.758. The van der Waals surface area contributed by atoms with E-state index in [4.69, 9.17) is 0 Å². The molecule has 1 aliphatic rings. The quantitative estimate of drug-likeness (QED) is 0.784. The molecule has 120 valence electrons. The van der Waals surface area contributed by atoms with E-state index in [9.17, 15) is 0 Å². The van der Waals surface area contributed by atoms with Crippen molar-refractivity contribution in [3.05, 3.63) is 78.1 Å². The Morgan fingerprint density at radius 3 is 2.71 bits per heavy atom. The maximum absolute atomic E-state index is 4.49. The van der Waals surface area contributed by atoms with Crippen molar-refractivity contribution in [1.82, 2.24) is 9.97 Å². The van der Waals surface area contributed by atoms with Crippen LogP contribution in [0.5, 0.6) is 0 Å². The van der Waals surface area contributed by atoms with Gasteiger partial charge in [0.2, 0.25) is 0 Å².